The molecule has 0 saturated carbocycles. The van der Waals surface area contributed by atoms with Gasteiger partial charge in [-0.05, 0) is 24.6 Å². The van der Waals surface area contributed by atoms with Crippen LogP contribution in [-0.2, 0) is 9.47 Å². The lowest BCUT2D eigenvalue weighted by Crippen LogP contribution is -2.26. The molecule has 6 heteroatoms. The fourth-order valence-electron chi connectivity index (χ4n) is 2.10. The Labute approximate surface area is 125 Å². The van der Waals surface area contributed by atoms with Crippen LogP contribution in [0.15, 0.2) is 18.2 Å². The third-order valence-corrected chi connectivity index (χ3v) is 3.22. The van der Waals surface area contributed by atoms with Gasteiger partial charge < -0.3 is 25.4 Å². The van der Waals surface area contributed by atoms with E-state index in [0.29, 0.717) is 31.9 Å². The van der Waals surface area contributed by atoms with Crippen LogP contribution in [0.3, 0.4) is 0 Å². The molecule has 0 bridgehead atoms. The number of amides is 1. The molecule has 21 heavy (non-hydrogen) atoms. The highest BCUT2D eigenvalue weighted by Crippen LogP contribution is 2.25. The smallest absolute Gasteiger partial charge is 0.251 e. The largest absolute Gasteiger partial charge is 0.382 e. The number of hydrogen-bond acceptors (Lipinski definition) is 5. The average Bonchev–Trinajstić information content (AvgIpc) is 2.53. The zero-order valence-corrected chi connectivity index (χ0v) is 12.4. The van der Waals surface area contributed by atoms with Gasteiger partial charge in [0, 0.05) is 38.9 Å². The zero-order chi connectivity index (χ0) is 14.9. The van der Waals surface area contributed by atoms with Crippen LogP contribution >= 0.6 is 0 Å². The molecule has 1 aliphatic heterocycles. The molecule has 0 radical (unpaired) electrons. The van der Waals surface area contributed by atoms with Crippen LogP contribution in [0.25, 0.3) is 0 Å². The summed E-state index contributed by atoms with van der Waals surface area (Å²) in [4.78, 5) is 12.0. The first-order valence-corrected chi connectivity index (χ1v) is 7.28. The van der Waals surface area contributed by atoms with Gasteiger partial charge in [0.2, 0.25) is 0 Å². The summed E-state index contributed by atoms with van der Waals surface area (Å²) < 4.78 is 10.2. The van der Waals surface area contributed by atoms with Crippen molar-refractivity contribution in [3.8, 4) is 0 Å². The van der Waals surface area contributed by atoms with Crippen LogP contribution in [0.1, 0.15) is 16.8 Å². The maximum absolute atomic E-state index is 12.0. The van der Waals surface area contributed by atoms with Gasteiger partial charge in [0.1, 0.15) is 0 Å². The number of carbonyl (C=O) groups excluding carboxylic acids is 1. The summed E-state index contributed by atoms with van der Waals surface area (Å²) in [6, 6.07) is 5.65. The Morgan fingerprint density at radius 3 is 2.81 bits per heavy atom. The van der Waals surface area contributed by atoms with E-state index in [1.165, 1.54) is 0 Å². The third-order valence-electron chi connectivity index (χ3n) is 3.22. The maximum Gasteiger partial charge on any atom is 0.251 e. The first kappa shape index (κ1) is 15.6. The molecule has 0 unspecified atom stereocenters. The standard InChI is InChI=1S/C15H23N3O3/c1-20-9-10-21-8-2-5-18-15(19)12-3-4-13-14(11-12)17-7-6-16-13/h3-4,11,16-17H,2,5-10H2,1H3,(H,18,19). The summed E-state index contributed by atoms with van der Waals surface area (Å²) in [5.41, 5.74) is 2.70. The Hall–Kier alpha value is -1.79. The minimum Gasteiger partial charge on any atom is -0.382 e. The van der Waals surface area contributed by atoms with Crippen LogP contribution in [0.4, 0.5) is 11.4 Å². The number of methoxy groups -OCH3 is 1. The fraction of sp³-hybridized carbons (Fsp3) is 0.533. The van der Waals surface area contributed by atoms with Crippen molar-refractivity contribution in [1.29, 1.82) is 0 Å². The van der Waals surface area contributed by atoms with E-state index >= 15 is 0 Å². The molecule has 0 atom stereocenters. The van der Waals surface area contributed by atoms with Crippen molar-refractivity contribution in [3.63, 3.8) is 0 Å². The number of fused-ring (bicyclic) bond motifs is 1. The van der Waals surface area contributed by atoms with Gasteiger partial charge in [-0.1, -0.05) is 0 Å². The first-order chi connectivity index (χ1) is 10.3. The molecule has 2 rings (SSSR count). The van der Waals surface area contributed by atoms with Crippen molar-refractivity contribution in [2.75, 3.05) is 57.2 Å². The molecule has 0 aromatic heterocycles. The lowest BCUT2D eigenvalue weighted by Gasteiger charge is -2.20. The number of rotatable bonds is 8. The molecule has 1 aromatic carbocycles. The van der Waals surface area contributed by atoms with Crippen molar-refractivity contribution in [1.82, 2.24) is 5.32 Å². The Balaban J connectivity index is 1.71. The van der Waals surface area contributed by atoms with E-state index in [9.17, 15) is 4.79 Å². The van der Waals surface area contributed by atoms with E-state index < -0.39 is 0 Å². The molecule has 0 saturated heterocycles. The summed E-state index contributed by atoms with van der Waals surface area (Å²) >= 11 is 0. The second-order valence-corrected chi connectivity index (χ2v) is 4.83. The number of benzene rings is 1. The second kappa shape index (κ2) is 8.49. The Morgan fingerprint density at radius 1 is 1.19 bits per heavy atom. The summed E-state index contributed by atoms with van der Waals surface area (Å²) in [5.74, 6) is -0.0536. The molecular weight excluding hydrogens is 270 g/mol. The number of carbonyl (C=O) groups is 1. The molecule has 1 heterocycles. The minimum absolute atomic E-state index is 0.0536. The van der Waals surface area contributed by atoms with E-state index in [1.54, 1.807) is 7.11 Å². The summed E-state index contributed by atoms with van der Waals surface area (Å²) in [5, 5.41) is 9.46. The van der Waals surface area contributed by atoms with Gasteiger partial charge in [-0.15, -0.1) is 0 Å². The fourth-order valence-corrected chi connectivity index (χ4v) is 2.10. The Kier molecular flexibility index (Phi) is 6.30. The quantitative estimate of drug-likeness (QED) is 0.630. The van der Waals surface area contributed by atoms with Crippen molar-refractivity contribution in [3.05, 3.63) is 23.8 Å². The molecule has 0 fully saturated rings. The SMILES string of the molecule is COCCOCCCNC(=O)c1ccc2c(c1)NCCN2. The Bertz CT molecular complexity index is 465. The molecular formula is C15H23N3O3. The predicted octanol–water partition coefficient (Wildman–Crippen LogP) is 1.31. The highest BCUT2D eigenvalue weighted by Gasteiger charge is 2.11. The normalized spacial score (nSPS) is 13.0. The molecule has 1 amide bonds. The van der Waals surface area contributed by atoms with Gasteiger partial charge in [0.05, 0.1) is 24.6 Å². The van der Waals surface area contributed by atoms with E-state index in [0.717, 1.165) is 30.9 Å². The molecule has 0 spiro atoms. The van der Waals surface area contributed by atoms with Crippen molar-refractivity contribution in [2.24, 2.45) is 0 Å². The average molecular weight is 293 g/mol. The highest BCUT2D eigenvalue weighted by molar-refractivity contribution is 5.96. The lowest BCUT2D eigenvalue weighted by atomic mass is 10.1. The van der Waals surface area contributed by atoms with E-state index in [4.69, 9.17) is 9.47 Å². The monoisotopic (exact) mass is 293 g/mol. The van der Waals surface area contributed by atoms with E-state index in [1.807, 2.05) is 18.2 Å². The summed E-state index contributed by atoms with van der Waals surface area (Å²) in [6.45, 7) is 4.20. The van der Waals surface area contributed by atoms with Gasteiger partial charge in [-0.3, -0.25) is 4.79 Å². The third kappa shape index (κ3) is 4.91. The van der Waals surface area contributed by atoms with Gasteiger partial charge in [0.15, 0.2) is 0 Å². The maximum atomic E-state index is 12.0. The topological polar surface area (TPSA) is 71.6 Å². The van der Waals surface area contributed by atoms with Crippen LogP contribution < -0.4 is 16.0 Å². The predicted molar refractivity (Wildman–Crippen MR) is 83.1 cm³/mol. The van der Waals surface area contributed by atoms with E-state index in [-0.39, 0.29) is 5.91 Å². The van der Waals surface area contributed by atoms with Crippen LogP contribution in [0.2, 0.25) is 0 Å². The van der Waals surface area contributed by atoms with Crippen molar-refractivity contribution < 1.29 is 14.3 Å². The molecule has 1 aliphatic rings. The number of hydrogen-bond donors (Lipinski definition) is 3. The number of anilines is 2. The molecule has 3 N–H and O–H groups in total. The summed E-state index contributed by atoms with van der Waals surface area (Å²) in [7, 11) is 1.65. The van der Waals surface area contributed by atoms with Crippen LogP contribution in [0, 0.1) is 0 Å². The van der Waals surface area contributed by atoms with Crippen molar-refractivity contribution >= 4 is 17.3 Å². The molecule has 116 valence electrons. The summed E-state index contributed by atoms with van der Waals surface area (Å²) in [6.07, 6.45) is 0.792. The number of ether oxygens (including phenoxy) is 2. The second-order valence-electron chi connectivity index (χ2n) is 4.83. The van der Waals surface area contributed by atoms with Crippen LogP contribution in [0.5, 0.6) is 0 Å². The molecule has 6 nitrogen and oxygen atoms in total. The van der Waals surface area contributed by atoms with E-state index in [2.05, 4.69) is 16.0 Å². The zero-order valence-electron chi connectivity index (χ0n) is 12.4. The minimum atomic E-state index is -0.0536. The molecule has 1 aromatic rings. The van der Waals surface area contributed by atoms with Gasteiger partial charge in [-0.2, -0.15) is 0 Å². The van der Waals surface area contributed by atoms with Gasteiger partial charge >= 0.3 is 0 Å². The highest BCUT2D eigenvalue weighted by atomic mass is 16.5. The van der Waals surface area contributed by atoms with Crippen LogP contribution in [-0.4, -0.2) is 52.5 Å². The van der Waals surface area contributed by atoms with Crippen molar-refractivity contribution in [2.45, 2.75) is 6.42 Å². The Morgan fingerprint density at radius 2 is 2.00 bits per heavy atom. The van der Waals surface area contributed by atoms with Gasteiger partial charge in [0.25, 0.3) is 5.91 Å². The van der Waals surface area contributed by atoms with Gasteiger partial charge in [-0.25, -0.2) is 0 Å². The lowest BCUT2D eigenvalue weighted by molar-refractivity contribution is 0.0688. The number of nitrogens with one attached hydrogen (secondary N) is 3. The molecule has 0 aliphatic carbocycles. The first-order valence-electron chi connectivity index (χ1n) is 7.28.